The maximum Gasteiger partial charge on any atom is 0.323 e. The number of carboxylic acid groups (broad SMARTS) is 1. The lowest BCUT2D eigenvalue weighted by molar-refractivity contribution is -0.144. The number of rotatable bonds is 9. The van der Waals surface area contributed by atoms with Crippen molar-refractivity contribution in [2.45, 2.75) is 12.8 Å². The number of nitrogens with zero attached hydrogens (tertiary/aromatic N) is 3. The van der Waals surface area contributed by atoms with Crippen molar-refractivity contribution in [3.05, 3.63) is 24.3 Å². The van der Waals surface area contributed by atoms with Crippen LogP contribution in [-0.2, 0) is 20.7 Å². The van der Waals surface area contributed by atoms with Gasteiger partial charge in [-0.2, -0.15) is 4.98 Å². The Labute approximate surface area is 131 Å². The molecular formula is C14H17N3O6. The quantitative estimate of drug-likeness (QED) is 0.720. The Kier molecular flexibility index (Phi) is 5.87. The average molecular weight is 323 g/mol. The number of hydrogen-bond donors (Lipinski definition) is 1. The van der Waals surface area contributed by atoms with Crippen molar-refractivity contribution in [2.24, 2.45) is 0 Å². The van der Waals surface area contributed by atoms with Gasteiger partial charge in [-0.05, 0) is 12.1 Å². The summed E-state index contributed by atoms with van der Waals surface area (Å²) < 4.78 is 15.1. The zero-order valence-electron chi connectivity index (χ0n) is 12.6. The highest BCUT2D eigenvalue weighted by Gasteiger charge is 2.18. The minimum absolute atomic E-state index is 0.0663. The van der Waals surface area contributed by atoms with Crippen LogP contribution in [0.25, 0.3) is 11.6 Å². The lowest BCUT2D eigenvalue weighted by Crippen LogP contribution is -2.38. The van der Waals surface area contributed by atoms with Gasteiger partial charge in [0.1, 0.15) is 6.54 Å². The molecular weight excluding hydrogens is 306 g/mol. The molecule has 0 radical (unpaired) electrons. The molecule has 124 valence electrons. The number of carboxylic acids is 1. The van der Waals surface area contributed by atoms with Gasteiger partial charge in [-0.3, -0.25) is 9.59 Å². The van der Waals surface area contributed by atoms with Crippen molar-refractivity contribution in [1.29, 1.82) is 0 Å². The summed E-state index contributed by atoms with van der Waals surface area (Å²) in [6, 6.07) is 3.40. The van der Waals surface area contributed by atoms with Gasteiger partial charge in [0.2, 0.25) is 17.6 Å². The van der Waals surface area contributed by atoms with Gasteiger partial charge >= 0.3 is 5.97 Å². The average Bonchev–Trinajstić information content (AvgIpc) is 3.19. The number of aliphatic carboxylic acids is 1. The molecule has 2 aromatic rings. The molecule has 23 heavy (non-hydrogen) atoms. The van der Waals surface area contributed by atoms with E-state index in [1.165, 1.54) is 18.3 Å². The number of carbonyl (C=O) groups is 2. The van der Waals surface area contributed by atoms with E-state index in [0.29, 0.717) is 11.6 Å². The summed E-state index contributed by atoms with van der Waals surface area (Å²) in [6.45, 7) is 0.106. The van der Waals surface area contributed by atoms with Gasteiger partial charge < -0.3 is 23.7 Å². The second-order valence-electron chi connectivity index (χ2n) is 4.69. The number of furan rings is 1. The molecule has 0 bridgehead atoms. The van der Waals surface area contributed by atoms with Crippen molar-refractivity contribution in [3.63, 3.8) is 0 Å². The number of ether oxygens (including phenoxy) is 1. The molecule has 2 heterocycles. The zero-order chi connectivity index (χ0) is 16.7. The van der Waals surface area contributed by atoms with Crippen LogP contribution in [-0.4, -0.2) is 58.8 Å². The van der Waals surface area contributed by atoms with Crippen molar-refractivity contribution in [2.75, 3.05) is 26.8 Å². The van der Waals surface area contributed by atoms with Crippen LogP contribution in [0.2, 0.25) is 0 Å². The summed E-state index contributed by atoms with van der Waals surface area (Å²) in [4.78, 5) is 28.2. The maximum atomic E-state index is 12.1. The first kappa shape index (κ1) is 16.7. The minimum atomic E-state index is -1.08. The second kappa shape index (κ2) is 8.08. The van der Waals surface area contributed by atoms with Gasteiger partial charge in [-0.15, -0.1) is 0 Å². The number of hydrogen-bond acceptors (Lipinski definition) is 7. The molecule has 1 amide bonds. The van der Waals surface area contributed by atoms with E-state index in [4.69, 9.17) is 18.8 Å². The minimum Gasteiger partial charge on any atom is -0.480 e. The van der Waals surface area contributed by atoms with E-state index in [0.717, 1.165) is 0 Å². The fraction of sp³-hybridized carbons (Fsp3) is 0.429. The van der Waals surface area contributed by atoms with Gasteiger partial charge in [0.05, 0.1) is 12.9 Å². The molecule has 0 fully saturated rings. The Balaban J connectivity index is 1.90. The third-order valence-corrected chi connectivity index (χ3v) is 3.01. The van der Waals surface area contributed by atoms with Crippen molar-refractivity contribution in [1.82, 2.24) is 15.0 Å². The van der Waals surface area contributed by atoms with Crippen LogP contribution in [0.1, 0.15) is 12.3 Å². The molecule has 0 unspecified atom stereocenters. The summed E-state index contributed by atoms with van der Waals surface area (Å²) in [5.41, 5.74) is 0. The summed E-state index contributed by atoms with van der Waals surface area (Å²) in [5, 5.41) is 12.6. The highest BCUT2D eigenvalue weighted by atomic mass is 16.5. The molecule has 0 aliphatic carbocycles. The Morgan fingerprint density at radius 3 is 2.91 bits per heavy atom. The normalized spacial score (nSPS) is 10.7. The molecule has 0 aliphatic rings. The van der Waals surface area contributed by atoms with Crippen LogP contribution >= 0.6 is 0 Å². The molecule has 0 atom stereocenters. The first-order valence-electron chi connectivity index (χ1n) is 6.95. The predicted octanol–water partition coefficient (Wildman–Crippen LogP) is 0.822. The van der Waals surface area contributed by atoms with Crippen LogP contribution in [0, 0.1) is 0 Å². The molecule has 0 spiro atoms. The largest absolute Gasteiger partial charge is 0.480 e. The van der Waals surface area contributed by atoms with Gasteiger partial charge in [0, 0.05) is 26.5 Å². The van der Waals surface area contributed by atoms with Crippen LogP contribution in [0.3, 0.4) is 0 Å². The second-order valence-corrected chi connectivity index (χ2v) is 4.69. The molecule has 0 saturated carbocycles. The van der Waals surface area contributed by atoms with Crippen LogP contribution < -0.4 is 0 Å². The highest BCUT2D eigenvalue weighted by Crippen LogP contribution is 2.16. The Morgan fingerprint density at radius 2 is 2.26 bits per heavy atom. The van der Waals surface area contributed by atoms with Crippen LogP contribution in [0.4, 0.5) is 0 Å². The maximum absolute atomic E-state index is 12.1. The molecule has 2 aromatic heterocycles. The Hall–Kier alpha value is -2.68. The third kappa shape index (κ3) is 4.92. The molecule has 9 nitrogen and oxygen atoms in total. The van der Waals surface area contributed by atoms with E-state index in [1.807, 2.05) is 0 Å². The molecule has 0 aromatic carbocycles. The fourth-order valence-corrected chi connectivity index (χ4v) is 1.89. The number of methoxy groups -OCH3 is 1. The van der Waals surface area contributed by atoms with Crippen LogP contribution in [0.15, 0.2) is 27.3 Å². The van der Waals surface area contributed by atoms with Crippen LogP contribution in [0.5, 0.6) is 0 Å². The van der Waals surface area contributed by atoms with E-state index in [1.54, 1.807) is 12.1 Å². The SMILES string of the molecule is COCCN(CC(=O)O)C(=O)CCc1nc(-c2ccco2)no1. The summed E-state index contributed by atoms with van der Waals surface area (Å²) in [6.07, 6.45) is 1.78. The number of carbonyl (C=O) groups excluding carboxylic acids is 1. The first-order valence-corrected chi connectivity index (χ1v) is 6.95. The number of aryl methyl sites for hydroxylation is 1. The van der Waals surface area contributed by atoms with Crippen molar-refractivity contribution in [3.8, 4) is 11.6 Å². The van der Waals surface area contributed by atoms with Gasteiger partial charge in [0.25, 0.3) is 0 Å². The first-order chi connectivity index (χ1) is 11.1. The van der Waals surface area contributed by atoms with E-state index in [-0.39, 0.29) is 44.3 Å². The Morgan fingerprint density at radius 1 is 1.43 bits per heavy atom. The standard InChI is InChI=1S/C14H17N3O6/c1-21-8-6-17(9-13(19)20)12(18)5-4-11-15-14(16-23-11)10-3-2-7-22-10/h2-3,7H,4-6,8-9H2,1H3,(H,19,20). The Bertz CT molecular complexity index is 637. The topological polar surface area (TPSA) is 119 Å². The van der Waals surface area contributed by atoms with Gasteiger partial charge in [-0.25, -0.2) is 0 Å². The molecule has 1 N–H and O–H groups in total. The molecule has 0 saturated heterocycles. The smallest absolute Gasteiger partial charge is 0.323 e. The van der Waals surface area contributed by atoms with E-state index >= 15 is 0 Å². The summed E-state index contributed by atoms with van der Waals surface area (Å²) in [5.74, 6) is -0.334. The lowest BCUT2D eigenvalue weighted by Gasteiger charge is -2.19. The van der Waals surface area contributed by atoms with Gasteiger partial charge in [-0.1, -0.05) is 5.16 Å². The molecule has 0 aliphatic heterocycles. The van der Waals surface area contributed by atoms with Crippen molar-refractivity contribution >= 4 is 11.9 Å². The molecule has 2 rings (SSSR count). The van der Waals surface area contributed by atoms with E-state index < -0.39 is 5.97 Å². The lowest BCUT2D eigenvalue weighted by atomic mass is 10.2. The predicted molar refractivity (Wildman–Crippen MR) is 76.4 cm³/mol. The van der Waals surface area contributed by atoms with E-state index in [9.17, 15) is 9.59 Å². The van der Waals surface area contributed by atoms with Crippen molar-refractivity contribution < 1.29 is 28.4 Å². The monoisotopic (exact) mass is 323 g/mol. The summed E-state index contributed by atoms with van der Waals surface area (Å²) >= 11 is 0. The van der Waals surface area contributed by atoms with Gasteiger partial charge in [0.15, 0.2) is 5.76 Å². The third-order valence-electron chi connectivity index (χ3n) is 3.01. The fourth-order valence-electron chi connectivity index (χ4n) is 1.89. The number of amides is 1. The summed E-state index contributed by atoms with van der Waals surface area (Å²) in [7, 11) is 1.48. The van der Waals surface area contributed by atoms with E-state index in [2.05, 4.69) is 10.1 Å². The molecule has 9 heteroatoms. The number of aromatic nitrogens is 2. The zero-order valence-corrected chi connectivity index (χ0v) is 12.6. The highest BCUT2D eigenvalue weighted by molar-refractivity contribution is 5.81.